The van der Waals surface area contributed by atoms with Gasteiger partial charge in [0.1, 0.15) is 0 Å². The van der Waals surface area contributed by atoms with Gasteiger partial charge in [0.15, 0.2) is 0 Å². The monoisotopic (exact) mass is 287 g/mol. The van der Waals surface area contributed by atoms with E-state index in [9.17, 15) is 4.79 Å². The van der Waals surface area contributed by atoms with E-state index in [4.69, 9.17) is 5.73 Å². The molecule has 114 valence electrons. The third-order valence-corrected chi connectivity index (χ3v) is 4.51. The highest BCUT2D eigenvalue weighted by molar-refractivity contribution is 7.99. The minimum Gasteiger partial charge on any atom is -0.370 e. The van der Waals surface area contributed by atoms with Crippen molar-refractivity contribution < 1.29 is 4.79 Å². The average molecular weight is 288 g/mol. The van der Waals surface area contributed by atoms with Crippen LogP contribution in [-0.4, -0.2) is 17.4 Å². The van der Waals surface area contributed by atoms with E-state index >= 15 is 0 Å². The van der Waals surface area contributed by atoms with E-state index in [0.717, 1.165) is 12.2 Å². The van der Waals surface area contributed by atoms with E-state index in [2.05, 4.69) is 6.92 Å². The lowest BCUT2D eigenvalue weighted by atomic mass is 10.1. The molecule has 0 fully saturated rings. The third-order valence-electron chi connectivity index (χ3n) is 3.35. The maximum Gasteiger partial charge on any atom is 0.217 e. The van der Waals surface area contributed by atoms with Crippen molar-refractivity contribution in [2.75, 3.05) is 11.5 Å². The summed E-state index contributed by atoms with van der Waals surface area (Å²) >= 11 is 1.96. The fourth-order valence-electron chi connectivity index (χ4n) is 2.14. The zero-order valence-electron chi connectivity index (χ0n) is 12.8. The molecule has 19 heavy (non-hydrogen) atoms. The Morgan fingerprint density at radius 3 is 1.79 bits per heavy atom. The maximum absolute atomic E-state index is 10.5. The highest BCUT2D eigenvalue weighted by Gasteiger charge is 1.95. The molecule has 0 saturated carbocycles. The number of thioether (sulfide) groups is 1. The van der Waals surface area contributed by atoms with Gasteiger partial charge in [-0.2, -0.15) is 11.8 Å². The van der Waals surface area contributed by atoms with Gasteiger partial charge in [-0.05, 0) is 24.3 Å². The Kier molecular flexibility index (Phi) is 15.7. The van der Waals surface area contributed by atoms with E-state index in [-0.39, 0.29) is 5.91 Å². The first-order chi connectivity index (χ1) is 9.27. The lowest BCUT2D eigenvalue weighted by Gasteiger charge is -2.02. The molecule has 2 N–H and O–H groups in total. The van der Waals surface area contributed by atoms with E-state index in [0.29, 0.717) is 6.42 Å². The van der Waals surface area contributed by atoms with Crippen LogP contribution in [0.1, 0.15) is 84.0 Å². The van der Waals surface area contributed by atoms with Crippen molar-refractivity contribution in [1.29, 1.82) is 0 Å². The Balaban J connectivity index is 2.93. The van der Waals surface area contributed by atoms with Gasteiger partial charge < -0.3 is 5.73 Å². The van der Waals surface area contributed by atoms with Crippen molar-refractivity contribution in [2.45, 2.75) is 84.0 Å². The molecule has 0 spiro atoms. The molecule has 0 rings (SSSR count). The smallest absolute Gasteiger partial charge is 0.217 e. The van der Waals surface area contributed by atoms with Crippen LogP contribution in [0.4, 0.5) is 0 Å². The lowest BCUT2D eigenvalue weighted by Crippen LogP contribution is -2.10. The minimum absolute atomic E-state index is 0.167. The topological polar surface area (TPSA) is 43.1 Å². The third kappa shape index (κ3) is 17.8. The van der Waals surface area contributed by atoms with Crippen LogP contribution in [0.25, 0.3) is 0 Å². The molecule has 3 heteroatoms. The van der Waals surface area contributed by atoms with Crippen LogP contribution >= 0.6 is 11.8 Å². The Morgan fingerprint density at radius 2 is 1.26 bits per heavy atom. The molecular weight excluding hydrogens is 254 g/mol. The Morgan fingerprint density at radius 1 is 0.789 bits per heavy atom. The summed E-state index contributed by atoms with van der Waals surface area (Å²) in [6, 6.07) is 0. The van der Waals surface area contributed by atoms with Crippen molar-refractivity contribution in [3.05, 3.63) is 0 Å². The lowest BCUT2D eigenvalue weighted by molar-refractivity contribution is -0.118. The first-order valence-corrected chi connectivity index (χ1v) is 9.29. The zero-order valence-corrected chi connectivity index (χ0v) is 13.6. The van der Waals surface area contributed by atoms with Gasteiger partial charge in [-0.3, -0.25) is 4.79 Å². The van der Waals surface area contributed by atoms with Gasteiger partial charge in [0, 0.05) is 6.42 Å². The van der Waals surface area contributed by atoms with Gasteiger partial charge in [0.05, 0.1) is 0 Å². The summed E-state index contributed by atoms with van der Waals surface area (Å²) in [5.41, 5.74) is 5.09. The van der Waals surface area contributed by atoms with E-state index < -0.39 is 0 Å². The van der Waals surface area contributed by atoms with E-state index in [1.54, 1.807) is 0 Å². The summed E-state index contributed by atoms with van der Waals surface area (Å²) in [6.45, 7) is 2.27. The van der Waals surface area contributed by atoms with Crippen molar-refractivity contribution in [2.24, 2.45) is 5.73 Å². The molecule has 0 atom stereocenters. The van der Waals surface area contributed by atoms with Gasteiger partial charge in [0.25, 0.3) is 0 Å². The number of carbonyl (C=O) groups excluding carboxylic acids is 1. The summed E-state index contributed by atoms with van der Waals surface area (Å²) in [5, 5.41) is 0. The zero-order chi connectivity index (χ0) is 14.2. The summed E-state index contributed by atoms with van der Waals surface area (Å²) in [5.74, 6) is 2.16. The Bertz CT molecular complexity index is 197. The predicted molar refractivity (Wildman–Crippen MR) is 87.6 cm³/mol. The van der Waals surface area contributed by atoms with Gasteiger partial charge >= 0.3 is 0 Å². The number of rotatable bonds is 15. The Hall–Kier alpha value is -0.180. The second-order valence-electron chi connectivity index (χ2n) is 5.36. The molecule has 0 heterocycles. The summed E-state index contributed by atoms with van der Waals surface area (Å²) in [7, 11) is 0. The molecule has 2 nitrogen and oxygen atoms in total. The predicted octanol–water partition coefficient (Wildman–Crippen LogP) is 4.91. The second kappa shape index (κ2) is 15.9. The van der Waals surface area contributed by atoms with E-state index in [1.165, 1.54) is 70.0 Å². The van der Waals surface area contributed by atoms with Gasteiger partial charge in [0.2, 0.25) is 5.91 Å². The average Bonchev–Trinajstić information content (AvgIpc) is 2.39. The SMILES string of the molecule is CCCCCCCCCCCCSCCCC(N)=O. The number of carbonyl (C=O) groups is 1. The van der Waals surface area contributed by atoms with Crippen LogP contribution in [0, 0.1) is 0 Å². The van der Waals surface area contributed by atoms with Crippen LogP contribution in [0.3, 0.4) is 0 Å². The number of unbranched alkanes of at least 4 members (excludes halogenated alkanes) is 9. The van der Waals surface area contributed by atoms with Crippen molar-refractivity contribution in [1.82, 2.24) is 0 Å². The van der Waals surface area contributed by atoms with Crippen molar-refractivity contribution >= 4 is 17.7 Å². The largest absolute Gasteiger partial charge is 0.370 e. The number of amides is 1. The van der Waals surface area contributed by atoms with Gasteiger partial charge in [-0.25, -0.2) is 0 Å². The normalized spacial score (nSPS) is 10.8. The van der Waals surface area contributed by atoms with E-state index in [1.807, 2.05) is 11.8 Å². The standard InChI is InChI=1S/C16H33NOS/c1-2-3-4-5-6-7-8-9-10-11-14-19-15-12-13-16(17)18/h2-15H2,1H3,(H2,17,18). The fraction of sp³-hybridized carbons (Fsp3) is 0.938. The molecule has 0 aromatic heterocycles. The van der Waals surface area contributed by atoms with Crippen LogP contribution < -0.4 is 5.73 Å². The number of primary amides is 1. The summed E-state index contributed by atoms with van der Waals surface area (Å²) in [4.78, 5) is 10.5. The molecule has 0 aliphatic rings. The Labute approximate surface area is 124 Å². The van der Waals surface area contributed by atoms with Crippen LogP contribution in [-0.2, 0) is 4.79 Å². The first-order valence-electron chi connectivity index (χ1n) is 8.13. The van der Waals surface area contributed by atoms with Crippen molar-refractivity contribution in [3.63, 3.8) is 0 Å². The van der Waals surface area contributed by atoms with Gasteiger partial charge in [-0.1, -0.05) is 64.7 Å². The molecule has 0 unspecified atom stereocenters. The molecule has 0 radical (unpaired) electrons. The maximum atomic E-state index is 10.5. The summed E-state index contributed by atoms with van der Waals surface area (Å²) in [6.07, 6.45) is 15.5. The highest BCUT2D eigenvalue weighted by atomic mass is 32.2. The van der Waals surface area contributed by atoms with Crippen LogP contribution in [0.2, 0.25) is 0 Å². The van der Waals surface area contributed by atoms with Crippen molar-refractivity contribution in [3.8, 4) is 0 Å². The quantitative estimate of drug-likeness (QED) is 0.435. The number of hydrogen-bond donors (Lipinski definition) is 1. The molecule has 0 saturated heterocycles. The summed E-state index contributed by atoms with van der Waals surface area (Å²) < 4.78 is 0. The van der Waals surface area contributed by atoms with Crippen LogP contribution in [0.5, 0.6) is 0 Å². The molecule has 0 aliphatic heterocycles. The molecule has 1 amide bonds. The fourth-order valence-corrected chi connectivity index (χ4v) is 3.10. The number of nitrogens with two attached hydrogens (primary N) is 1. The molecule has 0 bridgehead atoms. The van der Waals surface area contributed by atoms with Crippen LogP contribution in [0.15, 0.2) is 0 Å². The van der Waals surface area contributed by atoms with Gasteiger partial charge in [-0.15, -0.1) is 0 Å². The number of hydrogen-bond acceptors (Lipinski definition) is 2. The second-order valence-corrected chi connectivity index (χ2v) is 6.59. The highest BCUT2D eigenvalue weighted by Crippen LogP contribution is 2.13. The molecular formula is C16H33NOS. The molecule has 0 aromatic carbocycles. The minimum atomic E-state index is -0.167. The molecule has 0 aromatic rings. The first kappa shape index (κ1) is 18.8. The molecule has 0 aliphatic carbocycles.